The van der Waals surface area contributed by atoms with Gasteiger partial charge in [0.1, 0.15) is 11.4 Å². The fraction of sp³-hybridized carbons (Fsp3) is 0.522. The Labute approximate surface area is 163 Å². The van der Waals surface area contributed by atoms with Crippen molar-refractivity contribution in [2.75, 3.05) is 18.5 Å². The summed E-state index contributed by atoms with van der Waals surface area (Å²) >= 11 is 0. The summed E-state index contributed by atoms with van der Waals surface area (Å²) in [5, 5.41) is 5.09. The van der Waals surface area contributed by atoms with Crippen molar-refractivity contribution in [1.29, 1.82) is 0 Å². The van der Waals surface area contributed by atoms with Crippen LogP contribution in [0.2, 0.25) is 0 Å². The second kappa shape index (κ2) is 10.3. The van der Waals surface area contributed by atoms with Gasteiger partial charge in [0.05, 0.1) is 6.61 Å². The van der Waals surface area contributed by atoms with Crippen molar-refractivity contribution in [3.8, 4) is 5.75 Å². The van der Waals surface area contributed by atoms with Crippen LogP contribution in [0.25, 0.3) is 10.8 Å². The first-order valence-electron chi connectivity index (χ1n) is 10.2. The Morgan fingerprint density at radius 2 is 1.70 bits per heavy atom. The molecule has 27 heavy (non-hydrogen) atoms. The van der Waals surface area contributed by atoms with Gasteiger partial charge < -0.3 is 14.8 Å². The van der Waals surface area contributed by atoms with E-state index in [9.17, 15) is 4.79 Å². The number of ether oxygens (including phenoxy) is 2. The zero-order valence-electron chi connectivity index (χ0n) is 17.1. The molecule has 2 rings (SSSR count). The maximum absolute atomic E-state index is 13.0. The fourth-order valence-electron chi connectivity index (χ4n) is 3.17. The average molecular weight is 372 g/mol. The zero-order valence-corrected chi connectivity index (χ0v) is 17.1. The standard InChI is InChI=1S/C23H33NO3/c1-5-8-16-23(4,27-7-3)22(25)24-20-14-15-21(26-17-9-6-2)19-13-11-10-12-18(19)20/h10-15H,5-9,16-17H2,1-4H3,(H,24,25). The quantitative estimate of drug-likeness (QED) is 0.497. The highest BCUT2D eigenvalue weighted by molar-refractivity contribution is 6.06. The molecule has 2 aromatic carbocycles. The minimum Gasteiger partial charge on any atom is -0.493 e. The first kappa shape index (κ1) is 21.2. The molecule has 0 saturated carbocycles. The van der Waals surface area contributed by atoms with E-state index in [2.05, 4.69) is 19.2 Å². The zero-order chi connectivity index (χ0) is 19.7. The highest BCUT2D eigenvalue weighted by Crippen LogP contribution is 2.33. The number of carbonyl (C=O) groups excluding carboxylic acids is 1. The van der Waals surface area contributed by atoms with Crippen LogP contribution in [0.4, 0.5) is 5.69 Å². The molecule has 148 valence electrons. The molecule has 1 unspecified atom stereocenters. The molecule has 0 aliphatic heterocycles. The largest absolute Gasteiger partial charge is 0.493 e. The van der Waals surface area contributed by atoms with Crippen LogP contribution in [0.5, 0.6) is 5.75 Å². The molecule has 2 aromatic rings. The maximum atomic E-state index is 13.0. The van der Waals surface area contributed by atoms with Gasteiger partial charge in [0.15, 0.2) is 0 Å². The molecule has 0 aromatic heterocycles. The fourth-order valence-corrected chi connectivity index (χ4v) is 3.17. The molecule has 0 bridgehead atoms. The van der Waals surface area contributed by atoms with Crippen LogP contribution >= 0.6 is 0 Å². The Balaban J connectivity index is 2.27. The summed E-state index contributed by atoms with van der Waals surface area (Å²) in [5.41, 5.74) is -0.0248. The summed E-state index contributed by atoms with van der Waals surface area (Å²) in [6.45, 7) is 9.29. The highest BCUT2D eigenvalue weighted by Gasteiger charge is 2.33. The van der Waals surface area contributed by atoms with Crippen LogP contribution in [0.3, 0.4) is 0 Å². The molecule has 1 amide bonds. The normalized spacial score (nSPS) is 13.3. The number of amides is 1. The lowest BCUT2D eigenvalue weighted by Crippen LogP contribution is -2.42. The van der Waals surface area contributed by atoms with Gasteiger partial charge in [0.25, 0.3) is 5.91 Å². The predicted molar refractivity (Wildman–Crippen MR) is 113 cm³/mol. The summed E-state index contributed by atoms with van der Waals surface area (Å²) in [5.74, 6) is 0.762. The predicted octanol–water partition coefficient (Wildman–Crippen LogP) is 5.94. The van der Waals surface area contributed by atoms with Crippen LogP contribution < -0.4 is 10.1 Å². The molecule has 0 heterocycles. The topological polar surface area (TPSA) is 47.6 Å². The third-order valence-corrected chi connectivity index (χ3v) is 4.84. The van der Waals surface area contributed by atoms with Crippen LogP contribution in [-0.4, -0.2) is 24.7 Å². The summed E-state index contributed by atoms with van der Waals surface area (Å²) in [4.78, 5) is 13.0. The lowest BCUT2D eigenvalue weighted by Gasteiger charge is -2.28. The van der Waals surface area contributed by atoms with Gasteiger partial charge >= 0.3 is 0 Å². The van der Waals surface area contributed by atoms with Crippen LogP contribution in [-0.2, 0) is 9.53 Å². The Morgan fingerprint density at radius 3 is 2.37 bits per heavy atom. The molecule has 0 fully saturated rings. The smallest absolute Gasteiger partial charge is 0.256 e. The van der Waals surface area contributed by atoms with E-state index in [0.717, 1.165) is 47.9 Å². The Hall–Kier alpha value is -2.07. The van der Waals surface area contributed by atoms with Crippen molar-refractivity contribution in [1.82, 2.24) is 0 Å². The second-order valence-corrected chi connectivity index (χ2v) is 7.08. The van der Waals surface area contributed by atoms with Gasteiger partial charge in [-0.1, -0.05) is 57.4 Å². The van der Waals surface area contributed by atoms with Gasteiger partial charge in [-0.3, -0.25) is 4.79 Å². The number of benzene rings is 2. The number of rotatable bonds is 11. The second-order valence-electron chi connectivity index (χ2n) is 7.08. The number of hydrogen-bond donors (Lipinski definition) is 1. The first-order valence-corrected chi connectivity index (χ1v) is 10.2. The third kappa shape index (κ3) is 5.46. The molecule has 0 aliphatic rings. The number of carbonyl (C=O) groups is 1. The van der Waals surface area contributed by atoms with Gasteiger partial charge in [0, 0.05) is 23.1 Å². The van der Waals surface area contributed by atoms with Crippen molar-refractivity contribution >= 4 is 22.4 Å². The summed E-state index contributed by atoms with van der Waals surface area (Å²) in [7, 11) is 0. The number of fused-ring (bicyclic) bond motifs is 1. The molecule has 1 N–H and O–H groups in total. The lowest BCUT2D eigenvalue weighted by atomic mass is 9.97. The van der Waals surface area contributed by atoms with Gasteiger partial charge in [-0.2, -0.15) is 0 Å². The summed E-state index contributed by atoms with van der Waals surface area (Å²) in [6, 6.07) is 11.9. The molecule has 4 nitrogen and oxygen atoms in total. The van der Waals surface area contributed by atoms with E-state index in [4.69, 9.17) is 9.47 Å². The number of hydrogen-bond acceptors (Lipinski definition) is 3. The Bertz CT molecular complexity index is 743. The van der Waals surface area contributed by atoms with Crippen molar-refractivity contribution < 1.29 is 14.3 Å². The van der Waals surface area contributed by atoms with Gasteiger partial charge in [0.2, 0.25) is 0 Å². The SMILES string of the molecule is CCCCOc1ccc(NC(=O)C(C)(CCCC)OCC)c2ccccc12. The van der Waals surface area contributed by atoms with E-state index in [1.165, 1.54) is 0 Å². The monoisotopic (exact) mass is 371 g/mol. The molecule has 1 atom stereocenters. The van der Waals surface area contributed by atoms with Crippen LogP contribution in [0.15, 0.2) is 36.4 Å². The maximum Gasteiger partial charge on any atom is 0.256 e. The van der Waals surface area contributed by atoms with E-state index in [1.54, 1.807) is 0 Å². The van der Waals surface area contributed by atoms with Crippen molar-refractivity contribution in [2.45, 2.75) is 65.4 Å². The lowest BCUT2D eigenvalue weighted by molar-refractivity contribution is -0.139. The Morgan fingerprint density at radius 1 is 1.00 bits per heavy atom. The first-order chi connectivity index (χ1) is 13.1. The van der Waals surface area contributed by atoms with E-state index in [0.29, 0.717) is 19.6 Å². The third-order valence-electron chi connectivity index (χ3n) is 4.84. The molecule has 0 aliphatic carbocycles. The van der Waals surface area contributed by atoms with Crippen molar-refractivity contribution in [3.63, 3.8) is 0 Å². The van der Waals surface area contributed by atoms with Gasteiger partial charge in [-0.15, -0.1) is 0 Å². The van der Waals surface area contributed by atoms with E-state index >= 15 is 0 Å². The molecule has 0 radical (unpaired) electrons. The number of unbranched alkanes of at least 4 members (excludes halogenated alkanes) is 2. The van der Waals surface area contributed by atoms with Crippen molar-refractivity contribution in [2.24, 2.45) is 0 Å². The van der Waals surface area contributed by atoms with Crippen LogP contribution in [0, 0.1) is 0 Å². The molecular formula is C23H33NO3. The summed E-state index contributed by atoms with van der Waals surface area (Å²) < 4.78 is 11.8. The molecule has 4 heteroatoms. The van der Waals surface area contributed by atoms with Crippen LogP contribution in [0.1, 0.15) is 59.8 Å². The highest BCUT2D eigenvalue weighted by atomic mass is 16.5. The minimum absolute atomic E-state index is 0.0948. The molecular weight excluding hydrogens is 338 g/mol. The van der Waals surface area contributed by atoms with Gasteiger partial charge in [-0.05, 0) is 38.8 Å². The number of nitrogens with one attached hydrogen (secondary N) is 1. The minimum atomic E-state index is -0.817. The number of anilines is 1. The Kier molecular flexibility index (Phi) is 8.11. The van der Waals surface area contributed by atoms with E-state index in [-0.39, 0.29) is 5.91 Å². The average Bonchev–Trinajstić information content (AvgIpc) is 2.68. The summed E-state index contributed by atoms with van der Waals surface area (Å²) in [6.07, 6.45) is 4.81. The van der Waals surface area contributed by atoms with E-state index in [1.807, 2.05) is 50.2 Å². The molecule has 0 spiro atoms. The molecule has 0 saturated heterocycles. The van der Waals surface area contributed by atoms with Gasteiger partial charge in [-0.25, -0.2) is 0 Å². The van der Waals surface area contributed by atoms with Crippen molar-refractivity contribution in [3.05, 3.63) is 36.4 Å². The van der Waals surface area contributed by atoms with E-state index < -0.39 is 5.60 Å².